The van der Waals surface area contributed by atoms with E-state index in [0.29, 0.717) is 0 Å². The van der Waals surface area contributed by atoms with Crippen LogP contribution in [0.3, 0.4) is 0 Å². The van der Waals surface area contributed by atoms with Gasteiger partial charge in [-0.2, -0.15) is 0 Å². The molecule has 2 fully saturated rings. The van der Waals surface area contributed by atoms with E-state index >= 15 is 0 Å². The maximum atomic E-state index is 4.41. The number of hydrogen-bond donors (Lipinski definition) is 0. The number of nitrogens with zero attached hydrogens (tertiary/aromatic N) is 6. The molecule has 23 heavy (non-hydrogen) atoms. The molecule has 4 heterocycles. The highest BCUT2D eigenvalue weighted by Crippen LogP contribution is 2.33. The van der Waals surface area contributed by atoms with Crippen molar-refractivity contribution in [3.63, 3.8) is 0 Å². The summed E-state index contributed by atoms with van der Waals surface area (Å²) >= 11 is 0. The Morgan fingerprint density at radius 2 is 1.78 bits per heavy atom. The molecule has 0 unspecified atom stereocenters. The van der Waals surface area contributed by atoms with E-state index in [1.165, 1.54) is 31.6 Å². The fourth-order valence-corrected chi connectivity index (χ4v) is 3.99. The van der Waals surface area contributed by atoms with Crippen LogP contribution in [0.1, 0.15) is 18.5 Å². The summed E-state index contributed by atoms with van der Waals surface area (Å²) < 4.78 is 2.13. The van der Waals surface area contributed by atoms with E-state index < -0.39 is 0 Å². The van der Waals surface area contributed by atoms with Gasteiger partial charge in [0.1, 0.15) is 0 Å². The van der Waals surface area contributed by atoms with Crippen LogP contribution < -0.4 is 4.90 Å². The molecule has 0 bridgehead atoms. The van der Waals surface area contributed by atoms with Crippen LogP contribution in [0.25, 0.3) is 0 Å². The number of likely N-dealkylation sites (tertiary alicyclic amines) is 1. The Balaban J connectivity index is 1.37. The summed E-state index contributed by atoms with van der Waals surface area (Å²) in [6.07, 6.45) is 10.0. The maximum Gasteiger partial charge on any atom is 0.225 e. The molecule has 0 amide bonds. The minimum Gasteiger partial charge on any atom is -0.341 e. The molecule has 0 aromatic carbocycles. The summed E-state index contributed by atoms with van der Waals surface area (Å²) in [4.78, 5) is 18.0. The molecule has 0 N–H and O–H groups in total. The molecule has 4 rings (SSSR count). The molecule has 6 heteroatoms. The zero-order valence-corrected chi connectivity index (χ0v) is 13.7. The normalized spacial score (nSPS) is 25.3. The monoisotopic (exact) mass is 312 g/mol. The van der Waals surface area contributed by atoms with Crippen LogP contribution >= 0.6 is 0 Å². The standard InChI is InChI=1S/C17H24N6/c1-21-13-18-9-16(21)12-22-10-14-3-7-23(8-4-15(14)11-22)17-19-5-2-6-20-17/h2,5-6,9,13-15H,3-4,7-8,10-12H2,1H3/t14-,15+. The number of aromatic nitrogens is 4. The van der Waals surface area contributed by atoms with Gasteiger partial charge in [-0.25, -0.2) is 15.0 Å². The summed E-state index contributed by atoms with van der Waals surface area (Å²) in [7, 11) is 2.08. The van der Waals surface area contributed by atoms with E-state index in [0.717, 1.165) is 37.4 Å². The highest BCUT2D eigenvalue weighted by atomic mass is 15.3. The molecule has 2 aromatic heterocycles. The van der Waals surface area contributed by atoms with Crippen molar-refractivity contribution < 1.29 is 0 Å². The fourth-order valence-electron chi connectivity index (χ4n) is 3.99. The third-order valence-corrected chi connectivity index (χ3v) is 5.33. The topological polar surface area (TPSA) is 50.1 Å². The second-order valence-corrected chi connectivity index (χ2v) is 6.82. The van der Waals surface area contributed by atoms with Crippen molar-refractivity contribution >= 4 is 5.95 Å². The second kappa shape index (κ2) is 6.28. The summed E-state index contributed by atoms with van der Waals surface area (Å²) in [5, 5.41) is 0. The Labute approximate surface area is 137 Å². The summed E-state index contributed by atoms with van der Waals surface area (Å²) in [6, 6.07) is 1.88. The third-order valence-electron chi connectivity index (χ3n) is 5.33. The summed E-state index contributed by atoms with van der Waals surface area (Å²) in [5.41, 5.74) is 1.31. The number of anilines is 1. The van der Waals surface area contributed by atoms with Gasteiger partial charge >= 0.3 is 0 Å². The Morgan fingerprint density at radius 1 is 1.09 bits per heavy atom. The molecule has 6 nitrogen and oxygen atoms in total. The van der Waals surface area contributed by atoms with Crippen LogP contribution in [0.15, 0.2) is 31.0 Å². The molecule has 2 atom stereocenters. The SMILES string of the molecule is Cn1cncc1CN1C[C@H]2CCN(c3ncccn3)CC[C@H]2C1. The van der Waals surface area contributed by atoms with E-state index in [2.05, 4.69) is 36.4 Å². The van der Waals surface area contributed by atoms with Gasteiger partial charge in [-0.1, -0.05) is 0 Å². The quantitative estimate of drug-likeness (QED) is 0.861. The first kappa shape index (κ1) is 14.6. The van der Waals surface area contributed by atoms with Gasteiger partial charge in [-0.3, -0.25) is 4.90 Å². The first-order chi connectivity index (χ1) is 11.3. The average molecular weight is 312 g/mol. The van der Waals surface area contributed by atoms with Crippen LogP contribution in [-0.2, 0) is 13.6 Å². The van der Waals surface area contributed by atoms with E-state index in [1.807, 2.05) is 31.0 Å². The van der Waals surface area contributed by atoms with Gasteiger partial charge in [0, 0.05) is 58.4 Å². The van der Waals surface area contributed by atoms with Crippen molar-refractivity contribution in [3.05, 3.63) is 36.7 Å². The van der Waals surface area contributed by atoms with Crippen LogP contribution in [0.4, 0.5) is 5.95 Å². The second-order valence-electron chi connectivity index (χ2n) is 6.82. The molecule has 0 saturated carbocycles. The number of aryl methyl sites for hydroxylation is 1. The first-order valence-corrected chi connectivity index (χ1v) is 8.49. The fraction of sp³-hybridized carbons (Fsp3) is 0.588. The van der Waals surface area contributed by atoms with Crippen molar-refractivity contribution in [2.24, 2.45) is 18.9 Å². The van der Waals surface area contributed by atoms with Gasteiger partial charge in [0.15, 0.2) is 0 Å². The third kappa shape index (κ3) is 3.08. The molecule has 2 aromatic rings. The molecule has 0 spiro atoms. The molecular weight excluding hydrogens is 288 g/mol. The van der Waals surface area contributed by atoms with E-state index in [-0.39, 0.29) is 0 Å². The van der Waals surface area contributed by atoms with Crippen molar-refractivity contribution in [2.75, 3.05) is 31.1 Å². The summed E-state index contributed by atoms with van der Waals surface area (Å²) in [6.45, 7) is 5.59. The molecular formula is C17H24N6. The summed E-state index contributed by atoms with van der Waals surface area (Å²) in [5.74, 6) is 2.49. The Morgan fingerprint density at radius 3 is 2.39 bits per heavy atom. The molecule has 0 aliphatic carbocycles. The molecule has 2 aliphatic rings. The minimum absolute atomic E-state index is 0.803. The van der Waals surface area contributed by atoms with Crippen molar-refractivity contribution in [1.29, 1.82) is 0 Å². The minimum atomic E-state index is 0.803. The molecule has 122 valence electrons. The zero-order valence-electron chi connectivity index (χ0n) is 13.7. The highest BCUT2D eigenvalue weighted by molar-refractivity contribution is 5.28. The van der Waals surface area contributed by atoms with Crippen LogP contribution in [-0.4, -0.2) is 50.6 Å². The number of rotatable bonds is 3. The lowest BCUT2D eigenvalue weighted by Crippen LogP contribution is -2.28. The van der Waals surface area contributed by atoms with Crippen molar-refractivity contribution in [3.8, 4) is 0 Å². The van der Waals surface area contributed by atoms with Crippen LogP contribution in [0.2, 0.25) is 0 Å². The molecule has 2 saturated heterocycles. The lowest BCUT2D eigenvalue weighted by molar-refractivity contribution is 0.302. The Bertz CT molecular complexity index is 624. The van der Waals surface area contributed by atoms with E-state index in [1.54, 1.807) is 0 Å². The Hall–Kier alpha value is -1.95. The van der Waals surface area contributed by atoms with E-state index in [4.69, 9.17) is 0 Å². The Kier molecular flexibility index (Phi) is 3.99. The van der Waals surface area contributed by atoms with Crippen LogP contribution in [0.5, 0.6) is 0 Å². The number of fused-ring (bicyclic) bond motifs is 1. The predicted molar refractivity (Wildman–Crippen MR) is 88.9 cm³/mol. The zero-order chi connectivity index (χ0) is 15.6. The molecule has 0 radical (unpaired) electrons. The average Bonchev–Trinajstić information content (AvgIpc) is 3.10. The van der Waals surface area contributed by atoms with Gasteiger partial charge in [0.05, 0.1) is 12.0 Å². The van der Waals surface area contributed by atoms with Gasteiger partial charge in [-0.15, -0.1) is 0 Å². The predicted octanol–water partition coefficient (Wildman–Crippen LogP) is 1.56. The van der Waals surface area contributed by atoms with Crippen LogP contribution in [0, 0.1) is 11.8 Å². The van der Waals surface area contributed by atoms with Gasteiger partial charge in [0.25, 0.3) is 0 Å². The van der Waals surface area contributed by atoms with Gasteiger partial charge < -0.3 is 9.47 Å². The van der Waals surface area contributed by atoms with Gasteiger partial charge in [-0.05, 0) is 30.7 Å². The van der Waals surface area contributed by atoms with Crippen molar-refractivity contribution in [1.82, 2.24) is 24.4 Å². The first-order valence-electron chi connectivity index (χ1n) is 8.49. The lowest BCUT2D eigenvalue weighted by atomic mass is 9.92. The van der Waals surface area contributed by atoms with Crippen molar-refractivity contribution in [2.45, 2.75) is 19.4 Å². The van der Waals surface area contributed by atoms with Gasteiger partial charge in [0.2, 0.25) is 5.95 Å². The number of hydrogen-bond acceptors (Lipinski definition) is 5. The number of imidazole rings is 1. The van der Waals surface area contributed by atoms with E-state index in [9.17, 15) is 0 Å². The molecule has 2 aliphatic heterocycles. The lowest BCUT2D eigenvalue weighted by Gasteiger charge is -2.21. The highest BCUT2D eigenvalue weighted by Gasteiger charge is 2.35. The largest absolute Gasteiger partial charge is 0.341 e. The maximum absolute atomic E-state index is 4.41. The smallest absolute Gasteiger partial charge is 0.225 e.